The minimum Gasteiger partial charge on any atom is -0.328 e. The number of piperazine rings is 1. The average Bonchev–Trinajstić information content (AvgIpc) is 3.11. The molecule has 36 heavy (non-hydrogen) atoms. The highest BCUT2D eigenvalue weighted by molar-refractivity contribution is 6.00. The molecule has 9 heteroatoms. The summed E-state index contributed by atoms with van der Waals surface area (Å²) in [7, 11) is 1.75. The van der Waals surface area contributed by atoms with Crippen molar-refractivity contribution in [3.8, 4) is 0 Å². The van der Waals surface area contributed by atoms with Crippen LogP contribution in [0.15, 0.2) is 23.0 Å². The maximum Gasteiger partial charge on any atom is 0.329 e. The Bertz CT molecular complexity index is 1150. The van der Waals surface area contributed by atoms with E-state index >= 15 is 0 Å². The Morgan fingerprint density at radius 3 is 2.39 bits per heavy atom. The van der Waals surface area contributed by atoms with Crippen LogP contribution in [-0.4, -0.2) is 76.1 Å². The van der Waals surface area contributed by atoms with Crippen LogP contribution in [0.3, 0.4) is 0 Å². The zero-order valence-electron chi connectivity index (χ0n) is 21.5. The van der Waals surface area contributed by atoms with Gasteiger partial charge in [0.2, 0.25) is 11.8 Å². The number of amides is 2. The SMILES string of the molecule is Cn1c(=O)n(C2CCC(=O)NC2=O)c2ccc(CCCN3CCN(CC4CCC(N)CC4)CC3)cc21. The number of fused-ring (bicyclic) bond motifs is 1. The molecule has 2 amide bonds. The van der Waals surface area contributed by atoms with E-state index in [-0.39, 0.29) is 18.0 Å². The van der Waals surface area contributed by atoms with Gasteiger partial charge in [0.15, 0.2) is 0 Å². The Morgan fingerprint density at radius 2 is 1.67 bits per heavy atom. The second-order valence-electron chi connectivity index (χ2n) is 11.0. The smallest absolute Gasteiger partial charge is 0.328 e. The van der Waals surface area contributed by atoms with Crippen molar-refractivity contribution in [3.63, 3.8) is 0 Å². The third kappa shape index (κ3) is 5.43. The molecule has 1 aliphatic carbocycles. The number of nitrogens with zero attached hydrogens (tertiary/aromatic N) is 4. The molecule has 3 aliphatic rings. The van der Waals surface area contributed by atoms with Crippen molar-refractivity contribution in [2.24, 2.45) is 18.7 Å². The molecule has 5 rings (SSSR count). The van der Waals surface area contributed by atoms with E-state index in [1.807, 2.05) is 6.07 Å². The number of rotatable bonds is 7. The van der Waals surface area contributed by atoms with E-state index in [1.54, 1.807) is 16.2 Å². The Hall–Kier alpha value is -2.49. The number of imidazole rings is 1. The van der Waals surface area contributed by atoms with Crippen molar-refractivity contribution in [1.82, 2.24) is 24.3 Å². The van der Waals surface area contributed by atoms with Crippen molar-refractivity contribution >= 4 is 22.8 Å². The standard InChI is InChI=1S/C27H40N6O3/c1-30-24-17-19(6-9-22(24)33(27(30)36)23-10-11-25(34)29-26(23)35)3-2-12-31-13-15-32(16-14-31)18-20-4-7-21(28)8-5-20/h6,9,17,20-21,23H,2-5,7-8,10-16,18,28H2,1H3,(H,29,34,35). The first-order valence-electron chi connectivity index (χ1n) is 13.6. The molecule has 2 aliphatic heterocycles. The van der Waals surface area contributed by atoms with Crippen molar-refractivity contribution in [1.29, 1.82) is 0 Å². The topological polar surface area (TPSA) is 106 Å². The summed E-state index contributed by atoms with van der Waals surface area (Å²) in [5, 5.41) is 2.36. The fourth-order valence-electron chi connectivity index (χ4n) is 6.23. The molecular weight excluding hydrogens is 456 g/mol. The summed E-state index contributed by atoms with van der Waals surface area (Å²) in [6, 6.07) is 5.88. The van der Waals surface area contributed by atoms with Crippen LogP contribution in [0.4, 0.5) is 0 Å². The predicted molar refractivity (Wildman–Crippen MR) is 140 cm³/mol. The maximum absolute atomic E-state index is 13.0. The molecule has 1 atom stereocenters. The number of aryl methyl sites for hydroxylation is 2. The third-order valence-corrected chi connectivity index (χ3v) is 8.49. The van der Waals surface area contributed by atoms with E-state index in [4.69, 9.17) is 5.73 Å². The van der Waals surface area contributed by atoms with Gasteiger partial charge in [-0.2, -0.15) is 0 Å². The number of carbonyl (C=O) groups is 2. The summed E-state index contributed by atoms with van der Waals surface area (Å²) in [6.45, 7) is 6.90. The Balaban J connectivity index is 1.13. The highest BCUT2D eigenvalue weighted by Gasteiger charge is 2.31. The van der Waals surface area contributed by atoms with Crippen molar-refractivity contribution < 1.29 is 9.59 Å². The lowest BCUT2D eigenvalue weighted by molar-refractivity contribution is -0.135. The number of hydrogen-bond acceptors (Lipinski definition) is 6. The number of hydrogen-bond donors (Lipinski definition) is 2. The third-order valence-electron chi connectivity index (χ3n) is 8.49. The van der Waals surface area contributed by atoms with Gasteiger partial charge in [-0.05, 0) is 75.1 Å². The first kappa shape index (κ1) is 25.2. The highest BCUT2D eigenvalue weighted by Crippen LogP contribution is 2.25. The first-order chi connectivity index (χ1) is 17.4. The second-order valence-corrected chi connectivity index (χ2v) is 11.0. The average molecular weight is 497 g/mol. The molecule has 0 radical (unpaired) electrons. The van der Waals surface area contributed by atoms with Crippen molar-refractivity contribution in [3.05, 3.63) is 34.2 Å². The van der Waals surface area contributed by atoms with Gasteiger partial charge in [-0.15, -0.1) is 0 Å². The van der Waals surface area contributed by atoms with Gasteiger partial charge < -0.3 is 15.5 Å². The van der Waals surface area contributed by atoms with Crippen LogP contribution in [0.1, 0.15) is 56.6 Å². The number of aromatic nitrogens is 2. The summed E-state index contributed by atoms with van der Waals surface area (Å²) in [5.41, 5.74) is 8.62. The molecule has 3 N–H and O–H groups in total. The molecule has 0 bridgehead atoms. The quantitative estimate of drug-likeness (QED) is 0.561. The number of nitrogens with two attached hydrogens (primary N) is 1. The van der Waals surface area contributed by atoms with Gasteiger partial charge in [-0.3, -0.25) is 24.0 Å². The van der Waals surface area contributed by atoms with Crippen molar-refractivity contribution in [2.45, 2.75) is 63.5 Å². The van der Waals surface area contributed by atoms with Crippen molar-refractivity contribution in [2.75, 3.05) is 39.3 Å². The van der Waals surface area contributed by atoms with Crippen LogP contribution in [-0.2, 0) is 23.1 Å². The lowest BCUT2D eigenvalue weighted by Crippen LogP contribution is -2.48. The lowest BCUT2D eigenvalue weighted by Gasteiger charge is -2.37. The molecule has 3 heterocycles. The summed E-state index contributed by atoms with van der Waals surface area (Å²) >= 11 is 0. The van der Waals surface area contributed by atoms with Gasteiger partial charge >= 0.3 is 5.69 Å². The Labute approximate surface area is 212 Å². The molecule has 2 saturated heterocycles. The van der Waals surface area contributed by atoms with E-state index in [2.05, 4.69) is 27.2 Å². The van der Waals surface area contributed by atoms with E-state index in [0.717, 1.165) is 62.5 Å². The molecule has 196 valence electrons. The van der Waals surface area contributed by atoms with E-state index in [9.17, 15) is 14.4 Å². The van der Waals surface area contributed by atoms with Crippen LogP contribution in [0, 0.1) is 5.92 Å². The molecule has 1 aromatic carbocycles. The molecule has 1 unspecified atom stereocenters. The van der Waals surface area contributed by atoms with Crippen LogP contribution in [0.25, 0.3) is 11.0 Å². The fourth-order valence-corrected chi connectivity index (χ4v) is 6.23. The lowest BCUT2D eigenvalue weighted by atomic mass is 9.86. The predicted octanol–water partition coefficient (Wildman–Crippen LogP) is 1.39. The van der Waals surface area contributed by atoms with Gasteiger partial charge in [0, 0.05) is 52.2 Å². The number of imide groups is 1. The van der Waals surface area contributed by atoms with Gasteiger partial charge in [0.1, 0.15) is 6.04 Å². The van der Waals surface area contributed by atoms with Crippen LogP contribution >= 0.6 is 0 Å². The van der Waals surface area contributed by atoms with Crippen LogP contribution in [0.5, 0.6) is 0 Å². The number of benzene rings is 1. The number of nitrogens with one attached hydrogen (secondary N) is 1. The maximum atomic E-state index is 13.0. The minimum atomic E-state index is -0.640. The Morgan fingerprint density at radius 1 is 0.944 bits per heavy atom. The van der Waals surface area contributed by atoms with Gasteiger partial charge in [0.25, 0.3) is 0 Å². The molecule has 3 fully saturated rings. The molecule has 1 saturated carbocycles. The fraction of sp³-hybridized carbons (Fsp3) is 0.667. The molecular formula is C27H40N6O3. The van der Waals surface area contributed by atoms with Crippen LogP contribution in [0.2, 0.25) is 0 Å². The normalized spacial score (nSPS) is 26.4. The number of piperidine rings is 1. The first-order valence-corrected chi connectivity index (χ1v) is 13.6. The minimum absolute atomic E-state index is 0.217. The van der Waals surface area contributed by atoms with Gasteiger partial charge in [-0.1, -0.05) is 6.07 Å². The highest BCUT2D eigenvalue weighted by atomic mass is 16.2. The largest absolute Gasteiger partial charge is 0.329 e. The summed E-state index contributed by atoms with van der Waals surface area (Å²) < 4.78 is 3.16. The molecule has 2 aromatic rings. The molecule has 9 nitrogen and oxygen atoms in total. The van der Waals surface area contributed by atoms with E-state index < -0.39 is 11.9 Å². The monoisotopic (exact) mass is 496 g/mol. The summed E-state index contributed by atoms with van der Waals surface area (Å²) in [6.07, 6.45) is 7.58. The molecule has 0 spiro atoms. The second kappa shape index (κ2) is 10.9. The van der Waals surface area contributed by atoms with E-state index in [0.29, 0.717) is 12.5 Å². The van der Waals surface area contributed by atoms with Gasteiger partial charge in [-0.25, -0.2) is 4.79 Å². The summed E-state index contributed by atoms with van der Waals surface area (Å²) in [4.78, 5) is 42.1. The van der Waals surface area contributed by atoms with Crippen LogP contribution < -0.4 is 16.7 Å². The zero-order chi connectivity index (χ0) is 25.2. The Kier molecular flexibility index (Phi) is 7.60. The summed E-state index contributed by atoms with van der Waals surface area (Å²) in [5.74, 6) is 0.155. The van der Waals surface area contributed by atoms with E-state index in [1.165, 1.54) is 37.8 Å². The van der Waals surface area contributed by atoms with Gasteiger partial charge in [0.05, 0.1) is 11.0 Å². The number of carbonyl (C=O) groups excluding carboxylic acids is 2. The molecule has 1 aromatic heterocycles. The zero-order valence-corrected chi connectivity index (χ0v) is 21.5.